The number of hydrogen-bond acceptors (Lipinski definition) is 3. The van der Waals surface area contributed by atoms with Crippen molar-refractivity contribution in [3.63, 3.8) is 0 Å². The lowest BCUT2D eigenvalue weighted by Gasteiger charge is -2.25. The van der Waals surface area contributed by atoms with Crippen LogP contribution in [0.15, 0.2) is 24.3 Å². The molecule has 0 bridgehead atoms. The van der Waals surface area contributed by atoms with Gasteiger partial charge in [0.05, 0.1) is 5.60 Å². The molecule has 0 heterocycles. The second-order valence-electron chi connectivity index (χ2n) is 5.36. The van der Waals surface area contributed by atoms with Crippen LogP contribution in [0.25, 0.3) is 0 Å². The quantitative estimate of drug-likeness (QED) is 0.711. The summed E-state index contributed by atoms with van der Waals surface area (Å²) in [6.07, 6.45) is 0.787. The number of rotatable bonds is 6. The van der Waals surface area contributed by atoms with Crippen molar-refractivity contribution in [2.24, 2.45) is 5.92 Å². The average Bonchev–Trinajstić information content (AvgIpc) is 2.18. The smallest absolute Gasteiger partial charge is 0.115 e. The third-order valence-corrected chi connectivity index (χ3v) is 2.62. The molecule has 0 saturated heterocycles. The molecule has 3 heteroatoms. The molecule has 0 fully saturated rings. The highest BCUT2D eigenvalue weighted by molar-refractivity contribution is 5.25. The molecule has 96 valence electrons. The van der Waals surface area contributed by atoms with Gasteiger partial charge in [-0.2, -0.15) is 0 Å². The van der Waals surface area contributed by atoms with Gasteiger partial charge in [0.15, 0.2) is 0 Å². The zero-order chi connectivity index (χ0) is 12.9. The first-order valence-corrected chi connectivity index (χ1v) is 6.10. The SMILES string of the molecule is CC(C)CC(C)(O)CNCc1ccc(O)cc1. The minimum atomic E-state index is -0.662. The Hall–Kier alpha value is -1.06. The zero-order valence-electron chi connectivity index (χ0n) is 10.9. The molecule has 17 heavy (non-hydrogen) atoms. The molecule has 0 saturated carbocycles. The summed E-state index contributed by atoms with van der Waals surface area (Å²) in [5.74, 6) is 0.765. The normalized spacial score (nSPS) is 14.9. The van der Waals surface area contributed by atoms with Crippen LogP contribution in [0.1, 0.15) is 32.8 Å². The molecule has 0 aliphatic heterocycles. The van der Waals surface area contributed by atoms with E-state index in [4.69, 9.17) is 5.11 Å². The van der Waals surface area contributed by atoms with Crippen LogP contribution in [0.4, 0.5) is 0 Å². The van der Waals surface area contributed by atoms with E-state index in [-0.39, 0.29) is 5.75 Å². The van der Waals surface area contributed by atoms with Gasteiger partial charge in [-0.15, -0.1) is 0 Å². The van der Waals surface area contributed by atoms with Crippen molar-refractivity contribution in [1.82, 2.24) is 5.32 Å². The van der Waals surface area contributed by atoms with Gasteiger partial charge in [-0.3, -0.25) is 0 Å². The van der Waals surface area contributed by atoms with Crippen LogP contribution >= 0.6 is 0 Å². The van der Waals surface area contributed by atoms with E-state index in [1.165, 1.54) is 0 Å². The molecule has 3 N–H and O–H groups in total. The molecule has 0 aromatic heterocycles. The molecule has 0 aliphatic rings. The van der Waals surface area contributed by atoms with Gasteiger partial charge in [0, 0.05) is 13.1 Å². The maximum atomic E-state index is 10.1. The minimum absolute atomic E-state index is 0.278. The number of aromatic hydroxyl groups is 1. The predicted octanol–water partition coefficient (Wildman–Crippen LogP) is 2.28. The van der Waals surface area contributed by atoms with Crippen LogP contribution in [-0.4, -0.2) is 22.4 Å². The number of nitrogens with one attached hydrogen (secondary N) is 1. The van der Waals surface area contributed by atoms with Crippen LogP contribution in [0.5, 0.6) is 5.75 Å². The predicted molar refractivity (Wildman–Crippen MR) is 69.9 cm³/mol. The monoisotopic (exact) mass is 237 g/mol. The molecule has 0 amide bonds. The standard InChI is InChI=1S/C14H23NO2/c1-11(2)8-14(3,17)10-15-9-12-4-6-13(16)7-5-12/h4-7,11,15-17H,8-10H2,1-3H3. The number of phenolic OH excluding ortho intramolecular Hbond substituents is 1. The second kappa shape index (κ2) is 6.03. The maximum Gasteiger partial charge on any atom is 0.115 e. The van der Waals surface area contributed by atoms with Gasteiger partial charge in [-0.1, -0.05) is 26.0 Å². The lowest BCUT2D eigenvalue weighted by Crippen LogP contribution is -2.38. The largest absolute Gasteiger partial charge is 0.508 e. The van der Waals surface area contributed by atoms with Crippen LogP contribution in [0.2, 0.25) is 0 Å². The van der Waals surface area contributed by atoms with E-state index in [2.05, 4.69) is 19.2 Å². The lowest BCUT2D eigenvalue weighted by molar-refractivity contribution is 0.0383. The Morgan fingerprint density at radius 2 is 1.82 bits per heavy atom. The summed E-state index contributed by atoms with van der Waals surface area (Å²) in [4.78, 5) is 0. The van der Waals surface area contributed by atoms with E-state index >= 15 is 0 Å². The minimum Gasteiger partial charge on any atom is -0.508 e. The van der Waals surface area contributed by atoms with Crippen molar-refractivity contribution < 1.29 is 10.2 Å². The van der Waals surface area contributed by atoms with Gasteiger partial charge in [-0.05, 0) is 37.0 Å². The van der Waals surface area contributed by atoms with E-state index in [1.54, 1.807) is 12.1 Å². The van der Waals surface area contributed by atoms with Crippen molar-refractivity contribution in [1.29, 1.82) is 0 Å². The number of hydrogen-bond donors (Lipinski definition) is 3. The Balaban J connectivity index is 2.34. The third-order valence-electron chi connectivity index (χ3n) is 2.62. The summed E-state index contributed by atoms with van der Waals surface area (Å²) in [5.41, 5.74) is 0.439. The summed E-state index contributed by atoms with van der Waals surface area (Å²) in [6.45, 7) is 7.35. The molecule has 3 nitrogen and oxygen atoms in total. The summed E-state index contributed by atoms with van der Waals surface area (Å²) in [7, 11) is 0. The Morgan fingerprint density at radius 1 is 1.24 bits per heavy atom. The molecule has 0 radical (unpaired) electrons. The Bertz CT molecular complexity index is 331. The van der Waals surface area contributed by atoms with Crippen molar-refractivity contribution in [2.45, 2.75) is 39.3 Å². The van der Waals surface area contributed by atoms with Crippen LogP contribution in [0, 0.1) is 5.92 Å². The molecule has 1 unspecified atom stereocenters. The van der Waals surface area contributed by atoms with E-state index in [9.17, 15) is 5.11 Å². The second-order valence-corrected chi connectivity index (χ2v) is 5.36. The first kappa shape index (κ1) is 14.0. The fourth-order valence-electron chi connectivity index (χ4n) is 2.04. The molecular weight excluding hydrogens is 214 g/mol. The van der Waals surface area contributed by atoms with Gasteiger partial charge in [0.2, 0.25) is 0 Å². The molecule has 1 rings (SSSR count). The van der Waals surface area contributed by atoms with Crippen LogP contribution in [0.3, 0.4) is 0 Å². The lowest BCUT2D eigenvalue weighted by atomic mass is 9.94. The average molecular weight is 237 g/mol. The van der Waals surface area contributed by atoms with Crippen molar-refractivity contribution >= 4 is 0 Å². The van der Waals surface area contributed by atoms with Gasteiger partial charge in [0.25, 0.3) is 0 Å². The van der Waals surface area contributed by atoms with Crippen LogP contribution in [-0.2, 0) is 6.54 Å². The van der Waals surface area contributed by atoms with E-state index < -0.39 is 5.60 Å². The van der Waals surface area contributed by atoms with Gasteiger partial charge in [-0.25, -0.2) is 0 Å². The summed E-state index contributed by atoms with van der Waals surface area (Å²) < 4.78 is 0. The summed E-state index contributed by atoms with van der Waals surface area (Å²) in [6, 6.07) is 7.09. The molecular formula is C14H23NO2. The summed E-state index contributed by atoms with van der Waals surface area (Å²) in [5, 5.41) is 22.5. The highest BCUT2D eigenvalue weighted by atomic mass is 16.3. The first-order chi connectivity index (χ1) is 7.89. The zero-order valence-corrected chi connectivity index (χ0v) is 10.9. The Morgan fingerprint density at radius 3 is 2.35 bits per heavy atom. The third kappa shape index (κ3) is 5.71. The van der Waals surface area contributed by atoms with Gasteiger partial charge >= 0.3 is 0 Å². The molecule has 1 atom stereocenters. The van der Waals surface area contributed by atoms with Crippen molar-refractivity contribution in [2.75, 3.05) is 6.54 Å². The molecule has 0 aliphatic carbocycles. The van der Waals surface area contributed by atoms with Crippen LogP contribution < -0.4 is 5.32 Å². The maximum absolute atomic E-state index is 10.1. The van der Waals surface area contributed by atoms with Gasteiger partial charge in [0.1, 0.15) is 5.75 Å². The highest BCUT2D eigenvalue weighted by Crippen LogP contribution is 2.15. The fourth-order valence-corrected chi connectivity index (χ4v) is 2.04. The summed E-state index contributed by atoms with van der Waals surface area (Å²) >= 11 is 0. The number of benzene rings is 1. The molecule has 1 aromatic carbocycles. The Kier molecular flexibility index (Phi) is 4.97. The first-order valence-electron chi connectivity index (χ1n) is 6.10. The molecule has 1 aromatic rings. The van der Waals surface area contributed by atoms with Gasteiger partial charge < -0.3 is 15.5 Å². The van der Waals surface area contributed by atoms with E-state index in [0.29, 0.717) is 19.0 Å². The number of aliphatic hydroxyl groups is 1. The Labute approximate surface area is 103 Å². The van der Waals surface area contributed by atoms with Crippen molar-refractivity contribution in [3.05, 3.63) is 29.8 Å². The fraction of sp³-hybridized carbons (Fsp3) is 0.571. The number of phenols is 1. The van der Waals surface area contributed by atoms with Crippen molar-refractivity contribution in [3.8, 4) is 5.75 Å². The van der Waals surface area contributed by atoms with E-state index in [1.807, 2.05) is 19.1 Å². The molecule has 0 spiro atoms. The highest BCUT2D eigenvalue weighted by Gasteiger charge is 2.20. The topological polar surface area (TPSA) is 52.5 Å². The van der Waals surface area contributed by atoms with E-state index in [0.717, 1.165) is 12.0 Å².